The molecule has 3 N–H and O–H groups in total. The Hall–Kier alpha value is -3.31. The predicted molar refractivity (Wildman–Crippen MR) is 239 cm³/mol. The highest BCUT2D eigenvalue weighted by atomic mass is 19.1. The summed E-state index contributed by atoms with van der Waals surface area (Å²) < 4.78 is 33.5. The van der Waals surface area contributed by atoms with Gasteiger partial charge in [-0.2, -0.15) is 5.10 Å². The molecule has 3 heterocycles. The molecule has 0 spiro atoms. The fourth-order valence-corrected chi connectivity index (χ4v) is 9.26. The predicted octanol–water partition coefficient (Wildman–Crippen LogP) is -6.41. The van der Waals surface area contributed by atoms with Crippen LogP contribution in [0.15, 0.2) is 54.6 Å². The maximum atomic E-state index is 14.2. The van der Waals surface area contributed by atoms with Crippen LogP contribution in [0.4, 0.5) is 26.0 Å². The number of amides is 1. The van der Waals surface area contributed by atoms with Gasteiger partial charge in [0.25, 0.3) is 5.91 Å². The molecule has 2 saturated heterocycles. The number of nitrogens with zero attached hydrogens (tertiary/aromatic N) is 3. The van der Waals surface area contributed by atoms with Gasteiger partial charge in [0.15, 0.2) is 5.82 Å². The largest absolute Gasteiger partial charge is 0.391 e. The van der Waals surface area contributed by atoms with Crippen LogP contribution in [0.3, 0.4) is 0 Å². The van der Waals surface area contributed by atoms with Crippen molar-refractivity contribution in [3.8, 4) is 0 Å². The molecule has 6 rings (SSSR count). The lowest BCUT2D eigenvalue weighted by Gasteiger charge is -2.77. The number of aromatic amines is 1. The molecule has 2 fully saturated rings. The number of ether oxygens (including phenoxy) is 1. The lowest BCUT2D eigenvalue weighted by molar-refractivity contribution is 0.0904. The first-order valence-corrected chi connectivity index (χ1v) is 18.5. The maximum absolute atomic E-state index is 14.2. The molecule has 0 radical (unpaired) electrons. The van der Waals surface area contributed by atoms with Gasteiger partial charge >= 0.3 is 0 Å². The molecule has 3 aromatic carbocycles. The van der Waals surface area contributed by atoms with E-state index in [1.54, 1.807) is 0 Å². The van der Waals surface area contributed by atoms with Gasteiger partial charge in [0.05, 0.1) is 11.1 Å². The van der Waals surface area contributed by atoms with Crippen LogP contribution in [0.5, 0.6) is 0 Å². The second kappa shape index (κ2) is 13.5. The second-order valence-electron chi connectivity index (χ2n) is 17.7. The normalized spacial score (nSPS) is 20.0. The molecule has 4 aromatic rings. The third kappa shape index (κ3) is 6.81. The van der Waals surface area contributed by atoms with E-state index in [1.165, 1.54) is 12.1 Å². The van der Waals surface area contributed by atoms with Gasteiger partial charge in [0, 0.05) is 42.1 Å². The van der Waals surface area contributed by atoms with Crippen molar-refractivity contribution in [1.29, 1.82) is 0 Å². The summed E-state index contributed by atoms with van der Waals surface area (Å²) in [6.07, 6.45) is 2.01. The van der Waals surface area contributed by atoms with E-state index in [1.807, 2.05) is 24.3 Å². The summed E-state index contributed by atoms with van der Waals surface area (Å²) in [5.41, 5.74) is 4.41. The van der Waals surface area contributed by atoms with Gasteiger partial charge in [-0.25, -0.2) is 8.78 Å². The van der Waals surface area contributed by atoms with E-state index in [2.05, 4.69) is 129 Å². The van der Waals surface area contributed by atoms with Crippen molar-refractivity contribution in [2.75, 3.05) is 28.7 Å². The van der Waals surface area contributed by atoms with Crippen LogP contribution >= 0.6 is 0 Å². The number of nitrogens with one attached hydrogen (secondary N) is 3. The molecule has 0 bridgehead atoms. The number of carbonyl (C=O) groups is 1. The Kier molecular flexibility index (Phi) is 9.99. The number of halogens is 2. The van der Waals surface area contributed by atoms with Gasteiger partial charge in [-0.05, 0) is 94.2 Å². The van der Waals surface area contributed by atoms with Gasteiger partial charge in [-0.1, -0.05) is 11.3 Å². The minimum absolute atomic E-state index is 0.0834. The number of fused-ring (bicyclic) bond motifs is 1. The number of aromatic nitrogens is 2. The molecule has 2 aliphatic heterocycles. The van der Waals surface area contributed by atoms with Crippen LogP contribution in [0.2, 0.25) is 0 Å². The van der Waals surface area contributed by atoms with Gasteiger partial charge in [0.2, 0.25) is 0 Å². The highest BCUT2D eigenvalue weighted by Gasteiger charge is 2.63. The average Bonchev–Trinajstić information content (AvgIpc) is 3.41. The monoisotopic (exact) mass is 692 g/mol. The smallest absolute Gasteiger partial charge is 0.258 e. The van der Waals surface area contributed by atoms with E-state index in [0.717, 1.165) is 41.4 Å². The Balaban J connectivity index is 1.37. The molecule has 1 aromatic heterocycles. The summed E-state index contributed by atoms with van der Waals surface area (Å²) in [6, 6.07) is 15.5. The number of piperazine rings is 1. The lowest BCUT2D eigenvalue weighted by Crippen LogP contribution is -2.95. The van der Waals surface area contributed by atoms with Crippen molar-refractivity contribution in [3.63, 3.8) is 0 Å². The number of hydrogen-bond donors (Lipinski definition) is 3. The van der Waals surface area contributed by atoms with E-state index >= 15 is 0 Å². The molecule has 2 aliphatic rings. The summed E-state index contributed by atoms with van der Waals surface area (Å²) in [6.45, 7) is 1.33. The van der Waals surface area contributed by atoms with E-state index < -0.39 is 11.6 Å². The number of rotatable bonds is 8. The van der Waals surface area contributed by atoms with Crippen LogP contribution < -0.4 is 15.5 Å². The Labute approximate surface area is 316 Å². The van der Waals surface area contributed by atoms with Crippen LogP contribution in [-0.4, -0.2) is 153 Å². The van der Waals surface area contributed by atoms with Crippen molar-refractivity contribution in [1.82, 2.24) is 15.1 Å². The van der Waals surface area contributed by atoms with Crippen molar-refractivity contribution in [3.05, 3.63) is 82.9 Å². The average molecular weight is 691 g/mol. The third-order valence-corrected chi connectivity index (χ3v) is 12.2. The fourth-order valence-electron chi connectivity index (χ4n) is 9.26. The van der Waals surface area contributed by atoms with Gasteiger partial charge in [-0.15, -0.1) is 0 Å². The first-order chi connectivity index (χ1) is 24.1. The molecule has 0 saturated carbocycles. The van der Waals surface area contributed by atoms with Crippen LogP contribution in [0.25, 0.3) is 10.9 Å². The van der Waals surface area contributed by atoms with Crippen molar-refractivity contribution in [2.45, 2.75) is 51.9 Å². The van der Waals surface area contributed by atoms with Crippen molar-refractivity contribution < 1.29 is 18.3 Å². The van der Waals surface area contributed by atoms with Gasteiger partial charge in [-0.3, -0.25) is 9.89 Å². The van der Waals surface area contributed by atoms with Crippen LogP contribution in [0, 0.1) is 11.6 Å². The van der Waals surface area contributed by atoms with E-state index in [9.17, 15) is 13.6 Å². The summed E-state index contributed by atoms with van der Waals surface area (Å²) in [5, 5.41) is 13.8. The summed E-state index contributed by atoms with van der Waals surface area (Å²) >= 11 is 0. The lowest BCUT2D eigenvalue weighted by atomic mass is 9.24. The zero-order chi connectivity index (χ0) is 38.0. The SMILES string of the molecule is BC(B)(B)N1C(B)(B)C(B)(B)N(c2ccc(C(=O)Nc3n[nH]c4ccc(Cc5cc(F)cc(F)c5)cc34)c(NC3CCOCC3)c2)C(B)(B)C1(B)B. The molecule has 1 amide bonds. The summed E-state index contributed by atoms with van der Waals surface area (Å²) in [5.74, 6) is -1.13. The van der Waals surface area contributed by atoms with Crippen molar-refractivity contribution >= 4 is 120 Å². The molecule has 52 heavy (non-hydrogen) atoms. The molecule has 0 atom stereocenters. The molecule has 8 nitrogen and oxygen atoms in total. The van der Waals surface area contributed by atoms with Gasteiger partial charge < -0.3 is 25.2 Å². The number of hydrogen-bond acceptors (Lipinski definition) is 6. The van der Waals surface area contributed by atoms with E-state index in [0.29, 0.717) is 42.0 Å². The molecule has 0 aliphatic carbocycles. The first kappa shape index (κ1) is 38.4. The molecule has 258 valence electrons. The zero-order valence-electron chi connectivity index (χ0n) is 32.7. The molecule has 0 unspecified atom stereocenters. The highest BCUT2D eigenvalue weighted by molar-refractivity contribution is 6.65. The zero-order valence-corrected chi connectivity index (χ0v) is 32.7. The molecule has 21 heteroatoms. The number of benzene rings is 3. The Bertz CT molecular complexity index is 1960. The second-order valence-corrected chi connectivity index (χ2v) is 17.7. The Morgan fingerprint density at radius 3 is 2.06 bits per heavy atom. The quantitative estimate of drug-likeness (QED) is 0.160. The number of carbonyl (C=O) groups excluding carboxylic acids is 1. The van der Waals surface area contributed by atoms with Crippen LogP contribution in [0.1, 0.15) is 34.3 Å². The fraction of sp³-hybridized carbons (Fsp3) is 0.355. The number of anilines is 3. The first-order valence-electron chi connectivity index (χ1n) is 18.5. The standard InChI is InChI=1S/C31H45B11F2N6O2/c32-27(33)29(36,37)50(31(40,41)42)30(38,39)28(34,35)49(27)20-2-3-21(24(14-20)45-19-5-7-52-8-6-19)26(51)46-25-22-12-15(1-4-23(22)47-48-25)9-16-10-17(43)13-18(44)11-16/h1-4,10-14,19,45H,5-9,32-42H2,(H2,46,47,48,51). The van der Waals surface area contributed by atoms with Crippen molar-refractivity contribution in [2.24, 2.45) is 0 Å². The number of H-pyrrole nitrogens is 1. The molecular formula is C31H45B11F2N6O2. The van der Waals surface area contributed by atoms with E-state index in [-0.39, 0.29) is 38.5 Å². The minimum Gasteiger partial charge on any atom is -0.391 e. The minimum atomic E-state index is -0.616. The third-order valence-electron chi connectivity index (χ3n) is 12.2. The Morgan fingerprint density at radius 2 is 1.46 bits per heavy atom. The van der Waals surface area contributed by atoms with E-state index in [4.69, 9.17) is 4.74 Å². The van der Waals surface area contributed by atoms with Gasteiger partial charge in [0.1, 0.15) is 97.9 Å². The maximum Gasteiger partial charge on any atom is 0.258 e. The van der Waals surface area contributed by atoms with Crippen LogP contribution in [-0.2, 0) is 11.2 Å². The summed E-state index contributed by atoms with van der Waals surface area (Å²) in [4.78, 5) is 19.5. The molecular weight excluding hydrogens is 645 g/mol. The Morgan fingerprint density at radius 1 is 0.846 bits per heavy atom. The highest BCUT2D eigenvalue weighted by Crippen LogP contribution is 2.47. The topological polar surface area (TPSA) is 85.5 Å². The summed E-state index contributed by atoms with van der Waals surface area (Å²) in [7, 11) is 25.6.